The molecule has 0 fully saturated rings. The van der Waals surface area contributed by atoms with Gasteiger partial charge < -0.3 is 10.2 Å². The molecule has 0 radical (unpaired) electrons. The molecule has 2 unspecified atom stereocenters. The van der Waals surface area contributed by atoms with E-state index in [9.17, 15) is 0 Å². The van der Waals surface area contributed by atoms with Crippen molar-refractivity contribution in [2.75, 3.05) is 20.1 Å². The minimum Gasteiger partial charge on any atom is -0.314 e. The van der Waals surface area contributed by atoms with Crippen LogP contribution in [0, 0.1) is 5.92 Å². The highest BCUT2D eigenvalue weighted by atomic mass is 32.1. The standard InChI is InChI=1S/C15H28N2S/c1-12(2)16-10-13(3)11-17(5)14(4)9-15-7-6-8-18-15/h6-8,12-14,16H,9-11H2,1-5H3. The molecular formula is C15H28N2S. The van der Waals surface area contributed by atoms with Crippen molar-refractivity contribution in [1.29, 1.82) is 0 Å². The molecule has 2 atom stereocenters. The molecule has 1 N–H and O–H groups in total. The summed E-state index contributed by atoms with van der Waals surface area (Å²) < 4.78 is 0. The maximum Gasteiger partial charge on any atom is 0.0112 e. The van der Waals surface area contributed by atoms with Gasteiger partial charge in [0, 0.05) is 23.5 Å². The van der Waals surface area contributed by atoms with Gasteiger partial charge in [-0.1, -0.05) is 26.8 Å². The second-order valence-corrected chi connectivity index (χ2v) is 6.77. The highest BCUT2D eigenvalue weighted by Gasteiger charge is 2.13. The average molecular weight is 268 g/mol. The fourth-order valence-electron chi connectivity index (χ4n) is 2.05. The van der Waals surface area contributed by atoms with Gasteiger partial charge in [0.15, 0.2) is 0 Å². The van der Waals surface area contributed by atoms with Crippen LogP contribution in [0.2, 0.25) is 0 Å². The number of thiophene rings is 1. The van der Waals surface area contributed by atoms with Crippen LogP contribution in [0.5, 0.6) is 0 Å². The first kappa shape index (κ1) is 15.7. The summed E-state index contributed by atoms with van der Waals surface area (Å²) in [5, 5.41) is 5.67. The molecule has 1 heterocycles. The second-order valence-electron chi connectivity index (χ2n) is 5.74. The van der Waals surface area contributed by atoms with Crippen LogP contribution in [0.25, 0.3) is 0 Å². The Morgan fingerprint density at radius 3 is 2.56 bits per heavy atom. The Kier molecular flexibility index (Phi) is 6.90. The second kappa shape index (κ2) is 7.93. The molecule has 0 saturated carbocycles. The number of hydrogen-bond donors (Lipinski definition) is 1. The Hall–Kier alpha value is -0.380. The normalized spacial score (nSPS) is 15.3. The maximum atomic E-state index is 3.51. The van der Waals surface area contributed by atoms with Crippen molar-refractivity contribution in [1.82, 2.24) is 10.2 Å². The van der Waals surface area contributed by atoms with Gasteiger partial charge in [0.25, 0.3) is 0 Å². The van der Waals surface area contributed by atoms with Gasteiger partial charge >= 0.3 is 0 Å². The van der Waals surface area contributed by atoms with Crippen molar-refractivity contribution in [2.24, 2.45) is 5.92 Å². The van der Waals surface area contributed by atoms with Crippen LogP contribution in [-0.4, -0.2) is 37.1 Å². The van der Waals surface area contributed by atoms with E-state index < -0.39 is 0 Å². The zero-order valence-electron chi connectivity index (χ0n) is 12.4. The predicted molar refractivity (Wildman–Crippen MR) is 82.4 cm³/mol. The third-order valence-corrected chi connectivity index (χ3v) is 4.20. The minimum atomic E-state index is 0.585. The lowest BCUT2D eigenvalue weighted by molar-refractivity contribution is 0.220. The van der Waals surface area contributed by atoms with Crippen LogP contribution in [0.4, 0.5) is 0 Å². The van der Waals surface area contributed by atoms with Gasteiger partial charge in [-0.25, -0.2) is 0 Å². The topological polar surface area (TPSA) is 15.3 Å². The first-order valence-corrected chi connectivity index (χ1v) is 7.83. The van der Waals surface area contributed by atoms with Crippen LogP contribution in [0.15, 0.2) is 17.5 Å². The Bertz CT molecular complexity index is 308. The van der Waals surface area contributed by atoms with Crippen molar-refractivity contribution < 1.29 is 0 Å². The van der Waals surface area contributed by atoms with Crippen molar-refractivity contribution >= 4 is 11.3 Å². The summed E-state index contributed by atoms with van der Waals surface area (Å²) in [6.45, 7) is 11.3. The fourth-order valence-corrected chi connectivity index (χ4v) is 2.88. The van der Waals surface area contributed by atoms with E-state index in [4.69, 9.17) is 0 Å². The molecule has 0 aliphatic carbocycles. The molecule has 0 bridgehead atoms. The fraction of sp³-hybridized carbons (Fsp3) is 0.733. The molecule has 1 aromatic heterocycles. The lowest BCUT2D eigenvalue weighted by Crippen LogP contribution is -2.38. The molecule has 0 aliphatic heterocycles. The Morgan fingerprint density at radius 1 is 1.28 bits per heavy atom. The van der Waals surface area contributed by atoms with Gasteiger partial charge in [-0.15, -0.1) is 11.3 Å². The molecule has 0 aromatic carbocycles. The van der Waals surface area contributed by atoms with Crippen molar-refractivity contribution in [3.63, 3.8) is 0 Å². The van der Waals surface area contributed by atoms with E-state index >= 15 is 0 Å². The molecule has 0 saturated heterocycles. The van der Waals surface area contributed by atoms with E-state index in [1.165, 1.54) is 11.3 Å². The molecule has 1 aromatic rings. The summed E-state index contributed by atoms with van der Waals surface area (Å²) in [5.41, 5.74) is 0. The predicted octanol–water partition coefficient (Wildman–Crippen LogP) is 3.25. The molecule has 0 amide bonds. The zero-order chi connectivity index (χ0) is 13.5. The van der Waals surface area contributed by atoms with Crippen molar-refractivity contribution in [2.45, 2.75) is 46.2 Å². The quantitative estimate of drug-likeness (QED) is 0.778. The van der Waals surface area contributed by atoms with E-state index in [-0.39, 0.29) is 0 Å². The van der Waals surface area contributed by atoms with Crippen LogP contribution in [0.3, 0.4) is 0 Å². The number of hydrogen-bond acceptors (Lipinski definition) is 3. The van der Waals surface area contributed by atoms with Crippen LogP contribution < -0.4 is 5.32 Å². The Morgan fingerprint density at radius 2 is 2.00 bits per heavy atom. The minimum absolute atomic E-state index is 0.585. The number of nitrogens with one attached hydrogen (secondary N) is 1. The van der Waals surface area contributed by atoms with E-state index in [0.717, 1.165) is 13.1 Å². The van der Waals surface area contributed by atoms with E-state index in [1.807, 2.05) is 11.3 Å². The Balaban J connectivity index is 2.28. The van der Waals surface area contributed by atoms with Gasteiger partial charge in [-0.2, -0.15) is 0 Å². The summed E-state index contributed by atoms with van der Waals surface area (Å²) in [5.74, 6) is 0.697. The van der Waals surface area contributed by atoms with Crippen molar-refractivity contribution in [3.05, 3.63) is 22.4 Å². The zero-order valence-corrected chi connectivity index (χ0v) is 13.3. The molecule has 0 spiro atoms. The molecule has 2 nitrogen and oxygen atoms in total. The van der Waals surface area contributed by atoms with E-state index in [0.29, 0.717) is 18.0 Å². The number of nitrogens with zero attached hydrogens (tertiary/aromatic N) is 1. The molecule has 0 aliphatic rings. The largest absolute Gasteiger partial charge is 0.314 e. The summed E-state index contributed by atoms with van der Waals surface area (Å²) in [7, 11) is 2.24. The smallest absolute Gasteiger partial charge is 0.0112 e. The third-order valence-electron chi connectivity index (χ3n) is 3.30. The van der Waals surface area contributed by atoms with Crippen LogP contribution in [0.1, 0.15) is 32.6 Å². The molecule has 104 valence electrons. The van der Waals surface area contributed by atoms with Crippen molar-refractivity contribution in [3.8, 4) is 0 Å². The molecule has 3 heteroatoms. The average Bonchev–Trinajstić information content (AvgIpc) is 2.79. The number of likely N-dealkylation sites (N-methyl/N-ethyl adjacent to an activating group) is 1. The molecule has 18 heavy (non-hydrogen) atoms. The van der Waals surface area contributed by atoms with Crippen LogP contribution in [-0.2, 0) is 6.42 Å². The molecular weight excluding hydrogens is 240 g/mol. The monoisotopic (exact) mass is 268 g/mol. The van der Waals surface area contributed by atoms with Crippen LogP contribution >= 0.6 is 11.3 Å². The van der Waals surface area contributed by atoms with Gasteiger partial charge in [0.1, 0.15) is 0 Å². The van der Waals surface area contributed by atoms with Gasteiger partial charge in [-0.3, -0.25) is 0 Å². The summed E-state index contributed by atoms with van der Waals surface area (Å²) in [6.07, 6.45) is 1.17. The summed E-state index contributed by atoms with van der Waals surface area (Å²) in [4.78, 5) is 3.97. The summed E-state index contributed by atoms with van der Waals surface area (Å²) >= 11 is 1.86. The highest BCUT2D eigenvalue weighted by molar-refractivity contribution is 7.09. The first-order chi connectivity index (χ1) is 8.49. The van der Waals surface area contributed by atoms with E-state index in [2.05, 4.69) is 62.5 Å². The SMILES string of the molecule is CC(CNC(C)C)CN(C)C(C)Cc1cccs1. The Labute approximate surface area is 116 Å². The lowest BCUT2D eigenvalue weighted by atomic mass is 10.1. The number of rotatable bonds is 8. The van der Waals surface area contributed by atoms with Gasteiger partial charge in [0.2, 0.25) is 0 Å². The van der Waals surface area contributed by atoms with E-state index in [1.54, 1.807) is 0 Å². The third kappa shape index (κ3) is 5.98. The highest BCUT2D eigenvalue weighted by Crippen LogP contribution is 2.14. The maximum absolute atomic E-state index is 3.51. The van der Waals surface area contributed by atoms with Gasteiger partial charge in [0.05, 0.1) is 0 Å². The molecule has 1 rings (SSSR count). The van der Waals surface area contributed by atoms with Gasteiger partial charge in [-0.05, 0) is 44.3 Å². The lowest BCUT2D eigenvalue weighted by Gasteiger charge is -2.28. The first-order valence-electron chi connectivity index (χ1n) is 6.95. The summed E-state index contributed by atoms with van der Waals surface area (Å²) in [6, 6.07) is 5.58.